The molecule has 0 heterocycles. The van der Waals surface area contributed by atoms with Crippen LogP contribution in [-0.2, 0) is 4.74 Å². The minimum absolute atomic E-state index is 0.314. The first kappa shape index (κ1) is 14.4. The van der Waals surface area contributed by atoms with Gasteiger partial charge >= 0.3 is 0 Å². The van der Waals surface area contributed by atoms with Crippen LogP contribution in [0.5, 0.6) is 0 Å². The smallest absolute Gasteiger partial charge is 0.0654 e. The Bertz CT molecular complexity index is 201. The molecule has 0 saturated carbocycles. The van der Waals surface area contributed by atoms with Crippen LogP contribution in [0.4, 0.5) is 0 Å². The van der Waals surface area contributed by atoms with Crippen molar-refractivity contribution in [1.82, 2.24) is 0 Å². The summed E-state index contributed by atoms with van der Waals surface area (Å²) < 4.78 is 5.48. The maximum absolute atomic E-state index is 5.48. The fraction of sp³-hybridized carbons (Fsp3) is 0.714. The third-order valence-electron chi connectivity index (χ3n) is 2.47. The summed E-state index contributed by atoms with van der Waals surface area (Å²) in [5.74, 6) is 1.64. The van der Waals surface area contributed by atoms with Crippen molar-refractivity contribution in [2.75, 3.05) is 7.11 Å². The Morgan fingerprint density at radius 3 is 1.80 bits per heavy atom. The van der Waals surface area contributed by atoms with E-state index in [2.05, 4.69) is 58.9 Å². The van der Waals surface area contributed by atoms with Gasteiger partial charge in [0.05, 0.1) is 6.10 Å². The lowest BCUT2D eigenvalue weighted by atomic mass is 9.94. The highest BCUT2D eigenvalue weighted by Crippen LogP contribution is 2.17. The number of ether oxygens (including phenoxy) is 1. The summed E-state index contributed by atoms with van der Waals surface area (Å²) in [6, 6.07) is 0. The molecule has 0 fully saturated rings. The van der Waals surface area contributed by atoms with Crippen LogP contribution in [0.25, 0.3) is 0 Å². The largest absolute Gasteiger partial charge is 0.381 e. The van der Waals surface area contributed by atoms with E-state index in [-0.39, 0.29) is 0 Å². The zero-order valence-corrected chi connectivity index (χ0v) is 11.0. The normalized spacial score (nSPS) is 17.1. The van der Waals surface area contributed by atoms with Gasteiger partial charge < -0.3 is 4.74 Å². The molecule has 0 aliphatic rings. The summed E-state index contributed by atoms with van der Waals surface area (Å²) in [5, 5.41) is 0. The number of allylic oxidation sites excluding steroid dienone is 3. The lowest BCUT2D eigenvalue weighted by Crippen LogP contribution is -2.24. The van der Waals surface area contributed by atoms with Gasteiger partial charge in [0.25, 0.3) is 0 Å². The molecule has 1 heteroatoms. The van der Waals surface area contributed by atoms with Gasteiger partial charge in [-0.05, 0) is 11.8 Å². The van der Waals surface area contributed by atoms with E-state index in [1.165, 1.54) is 0 Å². The van der Waals surface area contributed by atoms with Crippen molar-refractivity contribution in [1.29, 1.82) is 0 Å². The van der Waals surface area contributed by atoms with Crippen molar-refractivity contribution < 1.29 is 4.74 Å². The number of methoxy groups -OCH3 is 1. The van der Waals surface area contributed by atoms with Crippen LogP contribution < -0.4 is 0 Å². The highest BCUT2D eigenvalue weighted by atomic mass is 16.5. The molecule has 0 radical (unpaired) electrons. The van der Waals surface area contributed by atoms with E-state index < -0.39 is 0 Å². The monoisotopic (exact) mass is 210 g/mol. The van der Waals surface area contributed by atoms with Crippen LogP contribution in [0.3, 0.4) is 0 Å². The Hall–Kier alpha value is -0.560. The van der Waals surface area contributed by atoms with Crippen LogP contribution in [0.1, 0.15) is 34.6 Å². The molecule has 0 aliphatic heterocycles. The Morgan fingerprint density at radius 1 is 0.867 bits per heavy atom. The Morgan fingerprint density at radius 2 is 1.40 bits per heavy atom. The summed E-state index contributed by atoms with van der Waals surface area (Å²) in [6.07, 6.45) is 8.97. The fourth-order valence-electron chi connectivity index (χ4n) is 1.73. The molecule has 0 saturated heterocycles. The molecule has 0 aliphatic carbocycles. The Balaban J connectivity index is 4.15. The molecular formula is C14H26O. The highest BCUT2D eigenvalue weighted by Gasteiger charge is 2.17. The van der Waals surface area contributed by atoms with Crippen molar-refractivity contribution in [3.63, 3.8) is 0 Å². The average Bonchev–Trinajstić information content (AvgIpc) is 2.12. The fourth-order valence-corrected chi connectivity index (χ4v) is 1.73. The second kappa shape index (κ2) is 7.70. The van der Waals surface area contributed by atoms with E-state index in [1.54, 1.807) is 7.11 Å². The van der Waals surface area contributed by atoms with Crippen LogP contribution in [0.15, 0.2) is 24.3 Å². The third kappa shape index (κ3) is 6.51. The Labute approximate surface area is 95.2 Å². The maximum Gasteiger partial charge on any atom is 0.0654 e. The lowest BCUT2D eigenvalue weighted by molar-refractivity contribution is 0.0379. The van der Waals surface area contributed by atoms with Gasteiger partial charge in [-0.15, -0.1) is 0 Å². The lowest BCUT2D eigenvalue weighted by Gasteiger charge is -2.23. The zero-order valence-electron chi connectivity index (χ0n) is 11.0. The number of hydrogen-bond acceptors (Lipinski definition) is 1. The van der Waals surface area contributed by atoms with Gasteiger partial charge in [0.15, 0.2) is 0 Å². The second-order valence-corrected chi connectivity index (χ2v) is 4.82. The summed E-state index contributed by atoms with van der Waals surface area (Å²) in [5.41, 5.74) is 0. The molecule has 0 rings (SSSR count). The van der Waals surface area contributed by atoms with Crippen LogP contribution in [0, 0.1) is 17.8 Å². The molecule has 88 valence electrons. The first-order valence-electron chi connectivity index (χ1n) is 5.86. The average molecular weight is 210 g/mol. The van der Waals surface area contributed by atoms with E-state index in [1.807, 2.05) is 0 Å². The van der Waals surface area contributed by atoms with Crippen LogP contribution >= 0.6 is 0 Å². The molecule has 0 aromatic carbocycles. The van der Waals surface area contributed by atoms with Gasteiger partial charge in [-0.2, -0.15) is 0 Å². The molecule has 1 nitrogen and oxygen atoms in total. The van der Waals surface area contributed by atoms with Crippen molar-refractivity contribution in [3.05, 3.63) is 24.3 Å². The molecule has 2 atom stereocenters. The van der Waals surface area contributed by atoms with Gasteiger partial charge in [0, 0.05) is 13.0 Å². The first-order valence-corrected chi connectivity index (χ1v) is 5.86. The van der Waals surface area contributed by atoms with Crippen molar-refractivity contribution in [3.8, 4) is 0 Å². The molecule has 0 unspecified atom stereocenters. The van der Waals surface area contributed by atoms with E-state index in [0.717, 1.165) is 0 Å². The number of rotatable bonds is 6. The molecule has 15 heavy (non-hydrogen) atoms. The third-order valence-corrected chi connectivity index (χ3v) is 2.47. The van der Waals surface area contributed by atoms with Crippen molar-refractivity contribution in [2.24, 2.45) is 17.8 Å². The van der Waals surface area contributed by atoms with Crippen LogP contribution in [-0.4, -0.2) is 13.2 Å². The van der Waals surface area contributed by atoms with E-state index in [4.69, 9.17) is 4.74 Å². The quantitative estimate of drug-likeness (QED) is 0.601. The van der Waals surface area contributed by atoms with Crippen molar-refractivity contribution >= 4 is 0 Å². The minimum Gasteiger partial charge on any atom is -0.381 e. The van der Waals surface area contributed by atoms with Crippen molar-refractivity contribution in [2.45, 2.75) is 40.7 Å². The van der Waals surface area contributed by atoms with E-state index >= 15 is 0 Å². The summed E-state index contributed by atoms with van der Waals surface area (Å²) >= 11 is 0. The number of hydrogen-bond donors (Lipinski definition) is 0. The minimum atomic E-state index is 0.314. The van der Waals surface area contributed by atoms with Gasteiger partial charge in [0.2, 0.25) is 0 Å². The maximum atomic E-state index is 5.48. The van der Waals surface area contributed by atoms with Gasteiger partial charge in [0.1, 0.15) is 0 Å². The van der Waals surface area contributed by atoms with E-state index in [0.29, 0.717) is 23.9 Å². The SMILES string of the molecule is CO[C@H](C(C)C)[C@@H](C)/C=C/C=C/C(C)C. The first-order chi connectivity index (χ1) is 6.99. The molecule has 0 bridgehead atoms. The standard InChI is InChI=1S/C14H26O/c1-11(2)9-7-8-10-13(5)14(15-6)12(3)4/h7-14H,1-6H3/b9-7+,10-8+/t13-,14+/m0/s1. The predicted molar refractivity (Wildman–Crippen MR) is 67.9 cm³/mol. The van der Waals surface area contributed by atoms with Gasteiger partial charge in [-0.1, -0.05) is 58.9 Å². The molecule has 0 aromatic rings. The molecule has 0 amide bonds. The molecule has 0 aromatic heterocycles. The zero-order chi connectivity index (χ0) is 11.8. The summed E-state index contributed by atoms with van der Waals surface area (Å²) in [6.45, 7) is 11.0. The topological polar surface area (TPSA) is 9.23 Å². The van der Waals surface area contributed by atoms with E-state index in [9.17, 15) is 0 Å². The second-order valence-electron chi connectivity index (χ2n) is 4.82. The highest BCUT2D eigenvalue weighted by molar-refractivity contribution is 5.05. The predicted octanol–water partition coefficient (Wildman–Crippen LogP) is 4.06. The summed E-state index contributed by atoms with van der Waals surface area (Å²) in [7, 11) is 1.79. The van der Waals surface area contributed by atoms with Crippen LogP contribution in [0.2, 0.25) is 0 Å². The molecule has 0 N–H and O–H groups in total. The molecule has 0 spiro atoms. The van der Waals surface area contributed by atoms with Gasteiger partial charge in [-0.25, -0.2) is 0 Å². The Kier molecular flexibility index (Phi) is 7.41. The molecular weight excluding hydrogens is 184 g/mol. The van der Waals surface area contributed by atoms with Gasteiger partial charge in [-0.3, -0.25) is 0 Å². The summed E-state index contributed by atoms with van der Waals surface area (Å²) in [4.78, 5) is 0.